The number of ketones is 1. The molecular weight excluding hydrogens is 470 g/mol. The third kappa shape index (κ3) is 4.89. The second-order valence-electron chi connectivity index (χ2n) is 9.22. The number of Topliss-reactive ketones (excluding diaryl/α,β-unsaturated/α-hetero) is 1. The minimum absolute atomic E-state index is 0.0488. The van der Waals surface area contributed by atoms with Crippen LogP contribution in [-0.4, -0.2) is 40.5 Å². The third-order valence-corrected chi connectivity index (χ3v) is 6.59. The van der Waals surface area contributed by atoms with E-state index in [9.17, 15) is 19.8 Å². The van der Waals surface area contributed by atoms with E-state index < -0.39 is 17.7 Å². The van der Waals surface area contributed by atoms with Crippen LogP contribution in [-0.2, 0) is 16.1 Å². The third-order valence-electron chi connectivity index (χ3n) is 6.59. The summed E-state index contributed by atoms with van der Waals surface area (Å²) < 4.78 is 11.0. The largest absolute Gasteiger partial charge is 0.507 e. The number of aliphatic hydroxyl groups is 1. The van der Waals surface area contributed by atoms with Crippen molar-refractivity contribution in [3.63, 3.8) is 0 Å². The number of benzene rings is 3. The van der Waals surface area contributed by atoms with Crippen molar-refractivity contribution < 1.29 is 29.3 Å². The van der Waals surface area contributed by atoms with Gasteiger partial charge >= 0.3 is 0 Å². The summed E-state index contributed by atoms with van der Waals surface area (Å²) in [5.41, 5.74) is 4.55. The zero-order chi connectivity index (χ0) is 26.9. The molecule has 2 N–H and O–H groups in total. The lowest BCUT2D eigenvalue weighted by Crippen LogP contribution is -2.29. The summed E-state index contributed by atoms with van der Waals surface area (Å²) in [6.07, 6.45) is 0. The highest BCUT2D eigenvalue weighted by Gasteiger charge is 2.46. The minimum atomic E-state index is -0.912. The number of carbonyl (C=O) groups is 2. The summed E-state index contributed by atoms with van der Waals surface area (Å²) >= 11 is 0. The summed E-state index contributed by atoms with van der Waals surface area (Å²) in [6, 6.07) is 15.0. The van der Waals surface area contributed by atoms with Crippen LogP contribution in [0.5, 0.6) is 17.2 Å². The summed E-state index contributed by atoms with van der Waals surface area (Å²) in [7, 11) is 1.48. The number of phenolic OH excluding ortho intramolecular Hbond substituents is 1. The Labute approximate surface area is 216 Å². The molecule has 4 rings (SSSR count). The number of phenols is 1. The van der Waals surface area contributed by atoms with E-state index in [1.165, 1.54) is 18.1 Å². The number of aromatic hydroxyl groups is 1. The number of aryl methyl sites for hydroxylation is 3. The first-order chi connectivity index (χ1) is 17.7. The lowest BCUT2D eigenvalue weighted by Gasteiger charge is -2.27. The molecule has 3 aromatic carbocycles. The fourth-order valence-corrected chi connectivity index (χ4v) is 4.67. The first-order valence-electron chi connectivity index (χ1n) is 12.1. The predicted molar refractivity (Wildman–Crippen MR) is 141 cm³/mol. The molecule has 1 amide bonds. The fourth-order valence-electron chi connectivity index (χ4n) is 4.67. The number of methoxy groups -OCH3 is 1. The van der Waals surface area contributed by atoms with E-state index in [1.807, 2.05) is 45.0 Å². The molecule has 1 unspecified atom stereocenters. The molecule has 192 valence electrons. The number of ether oxygens (including phenoxy) is 2. The molecule has 1 fully saturated rings. The van der Waals surface area contributed by atoms with Gasteiger partial charge in [0, 0.05) is 6.54 Å². The second-order valence-corrected chi connectivity index (χ2v) is 9.22. The Hall–Kier alpha value is -4.26. The van der Waals surface area contributed by atoms with Gasteiger partial charge in [-0.1, -0.05) is 41.5 Å². The number of likely N-dealkylation sites (tertiary alicyclic amines) is 1. The van der Waals surface area contributed by atoms with E-state index in [1.54, 1.807) is 31.2 Å². The fraction of sp³-hybridized carbons (Fsp3) is 0.267. The van der Waals surface area contributed by atoms with E-state index in [-0.39, 0.29) is 29.4 Å². The zero-order valence-corrected chi connectivity index (χ0v) is 21.7. The first-order valence-corrected chi connectivity index (χ1v) is 12.1. The Morgan fingerprint density at radius 2 is 1.65 bits per heavy atom. The van der Waals surface area contributed by atoms with Crippen LogP contribution >= 0.6 is 0 Å². The average Bonchev–Trinajstić information content (AvgIpc) is 3.12. The quantitative estimate of drug-likeness (QED) is 0.258. The summed E-state index contributed by atoms with van der Waals surface area (Å²) in [5.74, 6) is -1.28. The van der Waals surface area contributed by atoms with Crippen molar-refractivity contribution in [3.8, 4) is 17.2 Å². The van der Waals surface area contributed by atoms with Gasteiger partial charge in [-0.15, -0.1) is 0 Å². The van der Waals surface area contributed by atoms with E-state index in [0.29, 0.717) is 23.5 Å². The van der Waals surface area contributed by atoms with Crippen LogP contribution in [0.2, 0.25) is 0 Å². The van der Waals surface area contributed by atoms with Gasteiger partial charge in [-0.2, -0.15) is 0 Å². The predicted octanol–water partition coefficient (Wildman–Crippen LogP) is 5.35. The molecule has 1 aliphatic heterocycles. The van der Waals surface area contributed by atoms with Gasteiger partial charge in [0.1, 0.15) is 11.5 Å². The van der Waals surface area contributed by atoms with Crippen LogP contribution in [0.4, 0.5) is 0 Å². The van der Waals surface area contributed by atoms with Crippen LogP contribution in [0.3, 0.4) is 0 Å². The Kier molecular flexibility index (Phi) is 7.25. The van der Waals surface area contributed by atoms with Crippen LogP contribution in [0.15, 0.2) is 60.2 Å². The second kappa shape index (κ2) is 10.4. The smallest absolute Gasteiger partial charge is 0.295 e. The van der Waals surface area contributed by atoms with E-state index in [0.717, 1.165) is 22.3 Å². The van der Waals surface area contributed by atoms with Gasteiger partial charge in [0.05, 0.1) is 30.9 Å². The molecular formula is C30H31NO6. The lowest BCUT2D eigenvalue weighted by atomic mass is 9.94. The molecule has 0 spiro atoms. The van der Waals surface area contributed by atoms with Crippen molar-refractivity contribution in [2.24, 2.45) is 0 Å². The van der Waals surface area contributed by atoms with E-state index in [2.05, 4.69) is 0 Å². The highest BCUT2D eigenvalue weighted by molar-refractivity contribution is 6.46. The van der Waals surface area contributed by atoms with Crippen molar-refractivity contribution >= 4 is 17.4 Å². The summed E-state index contributed by atoms with van der Waals surface area (Å²) in [4.78, 5) is 28.4. The standard InChI is InChI=1S/C30H31NO6/c1-6-37-25-15-20(10-11-23(25)32)27-26(28(33)22-14-18(3)8-12-24(22)36-5)29(34)30(35)31(27)16-21-13-17(2)7-9-19(21)4/h7-15,27,32-33H,6,16H2,1-5H3/b28-26+. The van der Waals surface area contributed by atoms with Gasteiger partial charge in [0.25, 0.3) is 11.7 Å². The van der Waals surface area contributed by atoms with Crippen molar-refractivity contribution in [3.05, 3.63) is 93.6 Å². The van der Waals surface area contributed by atoms with Crippen molar-refractivity contribution in [2.75, 3.05) is 13.7 Å². The highest BCUT2D eigenvalue weighted by atomic mass is 16.5. The molecule has 1 atom stereocenters. The number of aliphatic hydroxyl groups excluding tert-OH is 1. The van der Waals surface area contributed by atoms with Crippen LogP contribution in [0.1, 0.15) is 46.3 Å². The Bertz CT molecular complexity index is 1410. The maximum absolute atomic E-state index is 13.5. The Morgan fingerprint density at radius 1 is 0.946 bits per heavy atom. The van der Waals surface area contributed by atoms with Gasteiger partial charge < -0.3 is 24.6 Å². The van der Waals surface area contributed by atoms with Gasteiger partial charge in [-0.3, -0.25) is 9.59 Å². The van der Waals surface area contributed by atoms with Crippen molar-refractivity contribution in [2.45, 2.75) is 40.3 Å². The number of rotatable bonds is 7. The molecule has 0 saturated carbocycles. The highest BCUT2D eigenvalue weighted by Crippen LogP contribution is 2.43. The normalized spacial score (nSPS) is 16.8. The molecule has 0 aliphatic carbocycles. The molecule has 0 aromatic heterocycles. The number of nitrogens with zero attached hydrogens (tertiary/aromatic N) is 1. The van der Waals surface area contributed by atoms with Gasteiger partial charge in [-0.25, -0.2) is 0 Å². The molecule has 1 aliphatic rings. The average molecular weight is 502 g/mol. The minimum Gasteiger partial charge on any atom is -0.507 e. The van der Waals surface area contributed by atoms with Crippen LogP contribution in [0, 0.1) is 20.8 Å². The molecule has 1 saturated heterocycles. The molecule has 3 aromatic rings. The Balaban J connectivity index is 1.95. The summed E-state index contributed by atoms with van der Waals surface area (Å²) in [6.45, 7) is 8.05. The monoisotopic (exact) mass is 501 g/mol. The lowest BCUT2D eigenvalue weighted by molar-refractivity contribution is -0.140. The maximum Gasteiger partial charge on any atom is 0.295 e. The van der Waals surface area contributed by atoms with Crippen LogP contribution < -0.4 is 9.47 Å². The molecule has 7 nitrogen and oxygen atoms in total. The molecule has 0 radical (unpaired) electrons. The topological polar surface area (TPSA) is 96.3 Å². The molecule has 1 heterocycles. The molecule has 37 heavy (non-hydrogen) atoms. The van der Waals surface area contributed by atoms with Crippen molar-refractivity contribution in [1.82, 2.24) is 4.90 Å². The van der Waals surface area contributed by atoms with Gasteiger partial charge in [-0.05, 0) is 68.7 Å². The van der Waals surface area contributed by atoms with Gasteiger partial charge in [0.2, 0.25) is 0 Å². The molecule has 7 heteroatoms. The molecule has 0 bridgehead atoms. The van der Waals surface area contributed by atoms with E-state index >= 15 is 0 Å². The first kappa shape index (κ1) is 25.8. The van der Waals surface area contributed by atoms with Crippen LogP contribution in [0.25, 0.3) is 5.76 Å². The number of carbonyl (C=O) groups excluding carboxylic acids is 2. The number of hydrogen-bond donors (Lipinski definition) is 2. The Morgan fingerprint density at radius 3 is 2.35 bits per heavy atom. The van der Waals surface area contributed by atoms with Gasteiger partial charge in [0.15, 0.2) is 11.5 Å². The van der Waals surface area contributed by atoms with E-state index in [4.69, 9.17) is 9.47 Å². The summed E-state index contributed by atoms with van der Waals surface area (Å²) in [5, 5.41) is 21.8. The number of hydrogen-bond acceptors (Lipinski definition) is 6. The SMILES string of the molecule is CCOc1cc(C2/C(=C(\O)c3cc(C)ccc3OC)C(=O)C(=O)N2Cc2cc(C)ccc2C)ccc1O. The maximum atomic E-state index is 13.5. The number of amides is 1. The zero-order valence-electron chi connectivity index (χ0n) is 21.7. The van der Waals surface area contributed by atoms with Crippen molar-refractivity contribution in [1.29, 1.82) is 0 Å².